The molecule has 0 aliphatic carbocycles. The van der Waals surface area contributed by atoms with Crippen molar-refractivity contribution in [1.29, 1.82) is 0 Å². The number of hydrogen-bond donors (Lipinski definition) is 0. The first-order valence-corrected chi connectivity index (χ1v) is 17.2. The van der Waals surface area contributed by atoms with Gasteiger partial charge in [-0.25, -0.2) is 9.97 Å². The van der Waals surface area contributed by atoms with Crippen molar-refractivity contribution >= 4 is 65.7 Å². The van der Waals surface area contributed by atoms with E-state index in [2.05, 4.69) is 130 Å². The quantitative estimate of drug-likeness (QED) is 0.190. The van der Waals surface area contributed by atoms with Crippen molar-refractivity contribution in [3.8, 4) is 34.0 Å². The van der Waals surface area contributed by atoms with Gasteiger partial charge < -0.3 is 13.6 Å². The number of furan rings is 1. The highest BCUT2D eigenvalue weighted by Gasteiger charge is 2.22. The molecule has 7 aromatic carbocycles. The second-order valence-electron chi connectivity index (χ2n) is 13.0. The maximum Gasteiger partial charge on any atom is 0.180 e. The number of benzene rings is 7. The number of nitrogens with zero attached hydrogens (tertiary/aromatic N) is 4. The Balaban J connectivity index is 1.23. The fourth-order valence-corrected chi connectivity index (χ4v) is 7.91. The molecule has 0 atom stereocenters. The molecule has 4 heterocycles. The van der Waals surface area contributed by atoms with Crippen LogP contribution >= 0.6 is 0 Å². The minimum atomic E-state index is 0.674. The van der Waals surface area contributed by atoms with Crippen molar-refractivity contribution in [2.45, 2.75) is 0 Å². The molecule has 0 bridgehead atoms. The Morgan fingerprint density at radius 1 is 0.431 bits per heavy atom. The van der Waals surface area contributed by atoms with E-state index >= 15 is 0 Å². The fraction of sp³-hybridized carbons (Fsp3) is 0. The molecule has 0 unspecified atom stereocenters. The molecule has 11 aromatic rings. The number of aromatic nitrogens is 4. The van der Waals surface area contributed by atoms with Crippen molar-refractivity contribution in [2.24, 2.45) is 0 Å². The zero-order valence-corrected chi connectivity index (χ0v) is 27.4. The molecule has 0 fully saturated rings. The smallest absolute Gasteiger partial charge is 0.180 e. The lowest BCUT2D eigenvalue weighted by Gasteiger charge is -2.10. The van der Waals surface area contributed by atoms with Gasteiger partial charge in [-0.05, 0) is 42.5 Å². The zero-order valence-electron chi connectivity index (χ0n) is 27.4. The van der Waals surface area contributed by atoms with Crippen LogP contribution in [0.25, 0.3) is 99.7 Å². The third kappa shape index (κ3) is 4.09. The highest BCUT2D eigenvalue weighted by molar-refractivity contribution is 6.26. The van der Waals surface area contributed by atoms with E-state index in [4.69, 9.17) is 14.4 Å². The number of hydrogen-bond acceptors (Lipinski definition) is 3. The Labute approximate surface area is 292 Å². The fourth-order valence-electron chi connectivity index (χ4n) is 7.91. The molecule has 238 valence electrons. The maximum atomic E-state index is 6.77. The largest absolute Gasteiger partial charge is 0.452 e. The van der Waals surface area contributed by atoms with E-state index < -0.39 is 0 Å². The average molecular weight is 653 g/mol. The van der Waals surface area contributed by atoms with E-state index in [-0.39, 0.29) is 0 Å². The molecule has 51 heavy (non-hydrogen) atoms. The number of para-hydroxylation sites is 3. The Morgan fingerprint density at radius 2 is 1.06 bits per heavy atom. The van der Waals surface area contributed by atoms with Gasteiger partial charge in [0.25, 0.3) is 0 Å². The van der Waals surface area contributed by atoms with Gasteiger partial charge in [0, 0.05) is 55.5 Å². The van der Waals surface area contributed by atoms with Crippen LogP contribution in [0.1, 0.15) is 0 Å². The molecule has 0 radical (unpaired) electrons. The predicted molar refractivity (Wildman–Crippen MR) is 209 cm³/mol. The highest BCUT2D eigenvalue weighted by Crippen LogP contribution is 2.43. The molecule has 0 spiro atoms. The monoisotopic (exact) mass is 652 g/mol. The molecule has 5 heteroatoms. The van der Waals surface area contributed by atoms with E-state index in [0.717, 1.165) is 50.2 Å². The van der Waals surface area contributed by atoms with Crippen molar-refractivity contribution in [2.75, 3.05) is 0 Å². The summed E-state index contributed by atoms with van der Waals surface area (Å²) in [6, 6.07) is 59.5. The Morgan fingerprint density at radius 3 is 1.82 bits per heavy atom. The second-order valence-corrected chi connectivity index (χ2v) is 13.0. The van der Waals surface area contributed by atoms with Crippen LogP contribution < -0.4 is 0 Å². The minimum absolute atomic E-state index is 0.674. The van der Waals surface area contributed by atoms with Crippen molar-refractivity contribution in [1.82, 2.24) is 19.1 Å². The van der Waals surface area contributed by atoms with Gasteiger partial charge in [0.1, 0.15) is 16.8 Å². The van der Waals surface area contributed by atoms with Crippen LogP contribution in [0.3, 0.4) is 0 Å². The summed E-state index contributed by atoms with van der Waals surface area (Å²) in [6.07, 6.45) is 0. The first-order chi connectivity index (χ1) is 25.3. The van der Waals surface area contributed by atoms with Gasteiger partial charge in [-0.1, -0.05) is 121 Å². The van der Waals surface area contributed by atoms with Crippen molar-refractivity contribution in [3.05, 3.63) is 170 Å². The van der Waals surface area contributed by atoms with Crippen LogP contribution in [0.4, 0.5) is 0 Å². The van der Waals surface area contributed by atoms with Gasteiger partial charge >= 0.3 is 0 Å². The normalized spacial score (nSPS) is 11.9. The van der Waals surface area contributed by atoms with E-state index in [0.29, 0.717) is 11.4 Å². The summed E-state index contributed by atoms with van der Waals surface area (Å²) in [6.45, 7) is 0. The van der Waals surface area contributed by atoms with Gasteiger partial charge in [0.15, 0.2) is 11.4 Å². The maximum absolute atomic E-state index is 6.77. The van der Waals surface area contributed by atoms with Crippen LogP contribution in [0.15, 0.2) is 174 Å². The molecule has 0 aliphatic heterocycles. The standard InChI is InChI=1S/C46H28N4O/c1-4-14-29(15-5-1)42-45-43(48-46(47-42)30-16-6-2-7-17-30)36-25-24-32(28-40(36)51-45)50-37-22-12-10-20-33(37)34-26-27-39-41(44(34)50)35-21-11-13-23-38(35)49(39)31-18-8-3-9-19-31/h1-28H. The average Bonchev–Trinajstić information content (AvgIpc) is 3.86. The van der Waals surface area contributed by atoms with Crippen LogP contribution in [-0.2, 0) is 0 Å². The van der Waals surface area contributed by atoms with E-state index in [1.807, 2.05) is 48.5 Å². The lowest BCUT2D eigenvalue weighted by molar-refractivity contribution is 0.667. The Bertz CT molecular complexity index is 3120. The molecule has 11 rings (SSSR count). The summed E-state index contributed by atoms with van der Waals surface area (Å²) in [7, 11) is 0. The summed E-state index contributed by atoms with van der Waals surface area (Å²) >= 11 is 0. The van der Waals surface area contributed by atoms with Gasteiger partial charge in [0.05, 0.1) is 22.1 Å². The number of rotatable bonds is 4. The van der Waals surface area contributed by atoms with Crippen molar-refractivity contribution < 1.29 is 4.42 Å². The van der Waals surface area contributed by atoms with Crippen LogP contribution in [-0.4, -0.2) is 19.1 Å². The molecular formula is C46H28N4O. The molecule has 0 saturated carbocycles. The summed E-state index contributed by atoms with van der Waals surface area (Å²) < 4.78 is 11.5. The van der Waals surface area contributed by atoms with Crippen LogP contribution in [0.5, 0.6) is 0 Å². The van der Waals surface area contributed by atoms with Gasteiger partial charge in [-0.2, -0.15) is 0 Å². The van der Waals surface area contributed by atoms with Crippen LogP contribution in [0.2, 0.25) is 0 Å². The van der Waals surface area contributed by atoms with E-state index in [1.165, 1.54) is 38.1 Å². The molecule has 4 aromatic heterocycles. The lowest BCUT2D eigenvalue weighted by atomic mass is 10.1. The van der Waals surface area contributed by atoms with E-state index in [9.17, 15) is 0 Å². The topological polar surface area (TPSA) is 48.8 Å². The number of fused-ring (bicyclic) bond motifs is 10. The summed E-state index contributed by atoms with van der Waals surface area (Å²) in [5.41, 5.74) is 11.8. The minimum Gasteiger partial charge on any atom is -0.452 e. The highest BCUT2D eigenvalue weighted by atomic mass is 16.3. The summed E-state index contributed by atoms with van der Waals surface area (Å²) in [4.78, 5) is 10.2. The molecule has 0 N–H and O–H groups in total. The molecular weight excluding hydrogens is 625 g/mol. The predicted octanol–water partition coefficient (Wildman–Crippen LogP) is 11.9. The second kappa shape index (κ2) is 10.8. The Hall–Kier alpha value is -6.98. The SMILES string of the molecule is c1ccc(-c2nc(-c3ccccc3)c3oc4cc(-n5c6ccccc6c6ccc7c(c8ccccc8n7-c7ccccc7)c65)ccc4c3n2)cc1. The molecule has 0 amide bonds. The summed E-state index contributed by atoms with van der Waals surface area (Å²) in [5.74, 6) is 0.674. The Kier molecular flexibility index (Phi) is 5.89. The third-order valence-corrected chi connectivity index (χ3v) is 10.1. The lowest BCUT2D eigenvalue weighted by Crippen LogP contribution is -1.95. The zero-order chi connectivity index (χ0) is 33.5. The first kappa shape index (κ1) is 27.9. The van der Waals surface area contributed by atoms with Crippen LogP contribution in [0, 0.1) is 0 Å². The molecule has 0 aliphatic rings. The van der Waals surface area contributed by atoms with Crippen molar-refractivity contribution in [3.63, 3.8) is 0 Å². The first-order valence-electron chi connectivity index (χ1n) is 17.2. The van der Waals surface area contributed by atoms with Gasteiger partial charge in [-0.3, -0.25) is 0 Å². The molecule has 0 saturated heterocycles. The van der Waals surface area contributed by atoms with Gasteiger partial charge in [0.2, 0.25) is 0 Å². The summed E-state index contributed by atoms with van der Waals surface area (Å²) in [5, 5.41) is 5.81. The molecule has 5 nitrogen and oxygen atoms in total. The van der Waals surface area contributed by atoms with Gasteiger partial charge in [-0.15, -0.1) is 0 Å². The third-order valence-electron chi connectivity index (χ3n) is 10.1. The van der Waals surface area contributed by atoms with E-state index in [1.54, 1.807) is 0 Å².